The molecular weight excluding hydrogens is 386 g/mol. The Bertz CT molecular complexity index is 897. The van der Waals surface area contributed by atoms with Crippen LogP contribution in [-0.2, 0) is 10.0 Å². The van der Waals surface area contributed by atoms with Gasteiger partial charge in [-0.3, -0.25) is 4.79 Å². The summed E-state index contributed by atoms with van der Waals surface area (Å²) in [4.78, 5) is 16.7. The summed E-state index contributed by atoms with van der Waals surface area (Å²) in [5.41, 5.74) is 0.730. The second kappa shape index (κ2) is 9.20. The molecule has 2 rings (SSSR count). The van der Waals surface area contributed by atoms with Crippen LogP contribution in [0.4, 0.5) is 5.69 Å². The van der Waals surface area contributed by atoms with Crippen LogP contribution in [-0.4, -0.2) is 38.2 Å². The fraction of sp³-hybridized carbons (Fsp3) is 0.333. The van der Waals surface area contributed by atoms with Gasteiger partial charge in [0.2, 0.25) is 10.0 Å². The van der Waals surface area contributed by atoms with Crippen molar-refractivity contribution in [2.75, 3.05) is 18.2 Å². The highest BCUT2D eigenvalue weighted by atomic mass is 32.2. The van der Waals surface area contributed by atoms with Crippen molar-refractivity contribution in [3.8, 4) is 5.75 Å². The second-order valence-electron chi connectivity index (χ2n) is 5.91. The summed E-state index contributed by atoms with van der Waals surface area (Å²) in [5.74, 6) is 0.644. The molecule has 0 aliphatic rings. The van der Waals surface area contributed by atoms with E-state index in [4.69, 9.17) is 4.74 Å². The number of anilines is 1. The van der Waals surface area contributed by atoms with Crippen molar-refractivity contribution >= 4 is 33.4 Å². The van der Waals surface area contributed by atoms with E-state index in [0.29, 0.717) is 5.69 Å². The number of carbonyl (C=O) groups excluding carboxylic acids is 1. The molecule has 1 amide bonds. The predicted octanol–water partition coefficient (Wildman–Crippen LogP) is 3.14. The molecule has 2 aromatic rings. The van der Waals surface area contributed by atoms with Gasteiger partial charge in [-0.25, -0.2) is 18.1 Å². The molecule has 0 atom stereocenters. The third-order valence-electron chi connectivity index (χ3n) is 3.39. The van der Waals surface area contributed by atoms with Crippen LogP contribution >= 0.6 is 11.8 Å². The van der Waals surface area contributed by atoms with Crippen molar-refractivity contribution in [3.05, 3.63) is 42.1 Å². The van der Waals surface area contributed by atoms with Crippen LogP contribution in [0.2, 0.25) is 0 Å². The lowest BCUT2D eigenvalue weighted by Crippen LogP contribution is -2.30. The molecule has 0 radical (unpaired) electrons. The van der Waals surface area contributed by atoms with Gasteiger partial charge in [-0.05, 0) is 49.9 Å². The lowest BCUT2D eigenvalue weighted by molar-refractivity contribution is 0.102. The molecule has 0 unspecified atom stereocenters. The zero-order valence-corrected chi connectivity index (χ0v) is 17.3. The molecule has 0 aliphatic carbocycles. The zero-order valence-electron chi connectivity index (χ0n) is 15.6. The van der Waals surface area contributed by atoms with Gasteiger partial charge in [0, 0.05) is 11.6 Å². The van der Waals surface area contributed by atoms with Crippen molar-refractivity contribution < 1.29 is 17.9 Å². The minimum Gasteiger partial charge on any atom is -0.495 e. The zero-order chi connectivity index (χ0) is 20.0. The van der Waals surface area contributed by atoms with Crippen molar-refractivity contribution in [1.82, 2.24) is 9.71 Å². The normalized spacial score (nSPS) is 11.4. The van der Waals surface area contributed by atoms with Gasteiger partial charge in [-0.2, -0.15) is 0 Å². The lowest BCUT2D eigenvalue weighted by atomic mass is 10.2. The Morgan fingerprint density at radius 2 is 2.00 bits per heavy atom. The lowest BCUT2D eigenvalue weighted by Gasteiger charge is -2.14. The Balaban J connectivity index is 2.27. The first-order valence-electron chi connectivity index (χ1n) is 8.37. The van der Waals surface area contributed by atoms with Crippen LogP contribution < -0.4 is 14.8 Å². The summed E-state index contributed by atoms with van der Waals surface area (Å²) in [6.07, 6.45) is 1.57. The first-order valence-corrected chi connectivity index (χ1v) is 10.8. The number of hydrogen-bond donors (Lipinski definition) is 2. The van der Waals surface area contributed by atoms with Crippen molar-refractivity contribution in [2.24, 2.45) is 0 Å². The number of nitrogens with zero attached hydrogens (tertiary/aromatic N) is 1. The number of thioether (sulfide) groups is 1. The van der Waals surface area contributed by atoms with Crippen molar-refractivity contribution in [3.63, 3.8) is 0 Å². The number of amides is 1. The highest BCUT2D eigenvalue weighted by Crippen LogP contribution is 2.25. The molecular formula is C18H23N3O4S2. The van der Waals surface area contributed by atoms with Crippen LogP contribution in [0, 0.1) is 0 Å². The van der Waals surface area contributed by atoms with Gasteiger partial charge in [-0.1, -0.05) is 6.92 Å². The minimum atomic E-state index is -3.81. The van der Waals surface area contributed by atoms with E-state index in [-0.39, 0.29) is 22.3 Å². The third kappa shape index (κ3) is 5.69. The van der Waals surface area contributed by atoms with Gasteiger partial charge in [0.15, 0.2) is 0 Å². The van der Waals surface area contributed by atoms with Crippen LogP contribution in [0.25, 0.3) is 0 Å². The Labute approximate surface area is 164 Å². The maximum Gasteiger partial charge on any atom is 0.255 e. The number of pyridine rings is 1. The molecule has 1 aromatic heterocycles. The molecule has 27 heavy (non-hydrogen) atoms. The van der Waals surface area contributed by atoms with Crippen LogP contribution in [0.1, 0.15) is 31.1 Å². The standard InChI is InChI=1S/C18H23N3O4S2/c1-5-26-17-9-7-14(11-19-17)20-18(22)13-6-8-15(25-4)16(10-13)27(23,24)21-12(2)3/h6-12,21H,5H2,1-4H3,(H,20,22). The van der Waals surface area contributed by atoms with Crippen LogP contribution in [0.15, 0.2) is 46.5 Å². The van der Waals surface area contributed by atoms with E-state index < -0.39 is 15.9 Å². The molecule has 7 nitrogen and oxygen atoms in total. The summed E-state index contributed by atoms with van der Waals surface area (Å²) in [6.45, 7) is 5.47. The summed E-state index contributed by atoms with van der Waals surface area (Å²) in [5, 5.41) is 3.59. The predicted molar refractivity (Wildman–Crippen MR) is 107 cm³/mol. The van der Waals surface area contributed by atoms with Gasteiger partial charge in [0.25, 0.3) is 5.91 Å². The summed E-state index contributed by atoms with van der Waals surface area (Å²) < 4.78 is 32.7. The number of sulfonamides is 1. The number of ether oxygens (including phenoxy) is 1. The molecule has 9 heteroatoms. The van der Waals surface area contributed by atoms with E-state index in [2.05, 4.69) is 15.0 Å². The summed E-state index contributed by atoms with van der Waals surface area (Å²) >= 11 is 1.60. The number of methoxy groups -OCH3 is 1. The topological polar surface area (TPSA) is 97.4 Å². The Kier molecular flexibility index (Phi) is 7.23. The fourth-order valence-corrected chi connectivity index (χ4v) is 4.33. The second-order valence-corrected chi connectivity index (χ2v) is 8.88. The van der Waals surface area contributed by atoms with Crippen LogP contribution in [0.5, 0.6) is 5.75 Å². The summed E-state index contributed by atoms with van der Waals surface area (Å²) in [6, 6.07) is 7.56. The molecule has 0 saturated heterocycles. The maximum atomic E-state index is 12.5. The molecule has 2 N–H and O–H groups in total. The van der Waals surface area contributed by atoms with Gasteiger partial charge in [0.1, 0.15) is 10.6 Å². The van der Waals surface area contributed by atoms with Crippen molar-refractivity contribution in [2.45, 2.75) is 36.7 Å². The Hall–Kier alpha value is -2.10. The van der Waals surface area contributed by atoms with E-state index >= 15 is 0 Å². The first-order chi connectivity index (χ1) is 12.8. The molecule has 0 fully saturated rings. The average molecular weight is 410 g/mol. The SMILES string of the molecule is CCSc1ccc(NC(=O)c2ccc(OC)c(S(=O)(=O)NC(C)C)c2)cn1. The van der Waals surface area contributed by atoms with Gasteiger partial charge in [-0.15, -0.1) is 11.8 Å². The quantitative estimate of drug-likeness (QED) is 0.650. The number of nitrogens with one attached hydrogen (secondary N) is 2. The molecule has 146 valence electrons. The summed E-state index contributed by atoms with van der Waals surface area (Å²) in [7, 11) is -2.43. The van der Waals surface area contributed by atoms with Gasteiger partial charge in [0.05, 0.1) is 24.0 Å². The monoisotopic (exact) mass is 409 g/mol. The number of aromatic nitrogens is 1. The van der Waals surface area contributed by atoms with E-state index in [1.54, 1.807) is 37.9 Å². The van der Waals surface area contributed by atoms with E-state index in [0.717, 1.165) is 10.8 Å². The van der Waals surface area contributed by atoms with Crippen LogP contribution in [0.3, 0.4) is 0 Å². The smallest absolute Gasteiger partial charge is 0.255 e. The van der Waals surface area contributed by atoms with E-state index in [1.807, 2.05) is 13.0 Å². The number of rotatable bonds is 8. The van der Waals surface area contributed by atoms with E-state index in [1.165, 1.54) is 25.3 Å². The molecule has 1 aromatic carbocycles. The Morgan fingerprint density at radius 1 is 1.26 bits per heavy atom. The van der Waals surface area contributed by atoms with Gasteiger partial charge < -0.3 is 10.1 Å². The highest BCUT2D eigenvalue weighted by Gasteiger charge is 2.22. The largest absolute Gasteiger partial charge is 0.495 e. The number of carbonyl (C=O) groups is 1. The molecule has 1 heterocycles. The average Bonchev–Trinajstić information content (AvgIpc) is 2.62. The van der Waals surface area contributed by atoms with E-state index in [9.17, 15) is 13.2 Å². The third-order valence-corrected chi connectivity index (χ3v) is 5.90. The number of benzene rings is 1. The maximum absolute atomic E-state index is 12.5. The molecule has 0 saturated carbocycles. The molecule has 0 bridgehead atoms. The fourth-order valence-electron chi connectivity index (χ4n) is 2.29. The first kappa shape index (κ1) is 21.2. The molecule has 0 spiro atoms. The molecule has 0 aliphatic heterocycles. The number of hydrogen-bond acceptors (Lipinski definition) is 6. The van der Waals surface area contributed by atoms with Gasteiger partial charge >= 0.3 is 0 Å². The highest BCUT2D eigenvalue weighted by molar-refractivity contribution is 7.99. The minimum absolute atomic E-state index is 0.0841. The van der Waals surface area contributed by atoms with Crippen molar-refractivity contribution in [1.29, 1.82) is 0 Å². The Morgan fingerprint density at radius 3 is 2.56 bits per heavy atom.